The van der Waals surface area contributed by atoms with Gasteiger partial charge in [-0.15, -0.1) is 0 Å². The van der Waals surface area contributed by atoms with Gasteiger partial charge in [0.1, 0.15) is 11.5 Å². The molecule has 0 spiro atoms. The van der Waals surface area contributed by atoms with E-state index in [9.17, 15) is 4.79 Å². The van der Waals surface area contributed by atoms with Crippen LogP contribution in [0.4, 0.5) is 5.69 Å². The molecule has 2 aromatic carbocycles. The summed E-state index contributed by atoms with van der Waals surface area (Å²) in [7, 11) is 3.13. The van der Waals surface area contributed by atoms with Crippen molar-refractivity contribution in [2.24, 2.45) is 0 Å². The lowest BCUT2D eigenvalue weighted by Gasteiger charge is -2.11. The van der Waals surface area contributed by atoms with Crippen molar-refractivity contribution < 1.29 is 14.3 Å². The minimum Gasteiger partial charge on any atom is -0.497 e. The van der Waals surface area contributed by atoms with E-state index in [1.807, 2.05) is 35.8 Å². The number of carbonyl (C=O) groups is 1. The summed E-state index contributed by atoms with van der Waals surface area (Å²) in [5.41, 5.74) is 2.68. The van der Waals surface area contributed by atoms with E-state index in [4.69, 9.17) is 21.7 Å². The van der Waals surface area contributed by atoms with Gasteiger partial charge in [-0.05, 0) is 25.2 Å². The minimum absolute atomic E-state index is 0.145. The molecule has 0 bridgehead atoms. The molecule has 0 saturated carbocycles. The highest BCUT2D eigenvalue weighted by atomic mass is 32.1. The zero-order valence-electron chi connectivity index (χ0n) is 16.0. The molecule has 0 radical (unpaired) electrons. The molecule has 7 nitrogen and oxygen atoms in total. The number of aromatic nitrogens is 3. The zero-order chi connectivity index (χ0) is 20.1. The van der Waals surface area contributed by atoms with Gasteiger partial charge in [-0.3, -0.25) is 14.5 Å². The second-order valence-corrected chi connectivity index (χ2v) is 6.66. The van der Waals surface area contributed by atoms with E-state index in [-0.39, 0.29) is 12.3 Å². The number of rotatable bonds is 7. The van der Waals surface area contributed by atoms with Crippen LogP contribution in [0.1, 0.15) is 12.0 Å². The lowest BCUT2D eigenvalue weighted by molar-refractivity contribution is -0.116. The third-order valence-corrected chi connectivity index (χ3v) is 4.54. The van der Waals surface area contributed by atoms with Crippen LogP contribution < -0.4 is 14.8 Å². The Morgan fingerprint density at radius 2 is 1.89 bits per heavy atom. The molecule has 1 heterocycles. The standard InChI is InChI=1S/C20H22N4O3S/c1-13-5-4-6-14(9-13)19-22-23-20(28)24(19)8-7-18(25)21-15-10-16(26-2)12-17(11-15)27-3/h4-6,9-12H,7-8H2,1-3H3,(H,21,25)(H,23,28). The maximum atomic E-state index is 12.4. The summed E-state index contributed by atoms with van der Waals surface area (Å²) in [6, 6.07) is 13.2. The predicted octanol–water partition coefficient (Wildman–Crippen LogP) is 3.96. The molecule has 146 valence electrons. The molecule has 3 aromatic rings. The molecule has 8 heteroatoms. The monoisotopic (exact) mass is 398 g/mol. The van der Waals surface area contributed by atoms with Crippen LogP contribution in [-0.2, 0) is 11.3 Å². The molecule has 0 saturated heterocycles. The summed E-state index contributed by atoms with van der Waals surface area (Å²) in [5.74, 6) is 1.78. The number of aryl methyl sites for hydroxylation is 1. The van der Waals surface area contributed by atoms with Gasteiger partial charge >= 0.3 is 0 Å². The van der Waals surface area contributed by atoms with E-state index in [0.29, 0.717) is 34.3 Å². The van der Waals surface area contributed by atoms with Crippen LogP contribution in [0, 0.1) is 11.7 Å². The van der Waals surface area contributed by atoms with Crippen LogP contribution in [0.25, 0.3) is 11.4 Å². The Labute approximate surface area is 168 Å². The molecule has 1 amide bonds. The van der Waals surface area contributed by atoms with Crippen LogP contribution in [0.2, 0.25) is 0 Å². The van der Waals surface area contributed by atoms with Crippen molar-refractivity contribution in [1.29, 1.82) is 0 Å². The average Bonchev–Trinajstić information content (AvgIpc) is 3.06. The van der Waals surface area contributed by atoms with E-state index < -0.39 is 0 Å². The van der Waals surface area contributed by atoms with Crippen molar-refractivity contribution in [3.63, 3.8) is 0 Å². The highest BCUT2D eigenvalue weighted by Gasteiger charge is 2.12. The molecule has 0 unspecified atom stereocenters. The molecule has 2 N–H and O–H groups in total. The van der Waals surface area contributed by atoms with E-state index in [0.717, 1.165) is 11.1 Å². The number of benzene rings is 2. The summed E-state index contributed by atoms with van der Waals surface area (Å²) in [5, 5.41) is 9.99. The lowest BCUT2D eigenvalue weighted by Crippen LogP contribution is -2.15. The van der Waals surface area contributed by atoms with Crippen LogP contribution in [-0.4, -0.2) is 34.9 Å². The number of amides is 1. The molecule has 28 heavy (non-hydrogen) atoms. The number of ether oxygens (including phenoxy) is 2. The first-order chi connectivity index (χ1) is 13.5. The third-order valence-electron chi connectivity index (χ3n) is 4.23. The largest absolute Gasteiger partial charge is 0.497 e. The lowest BCUT2D eigenvalue weighted by atomic mass is 10.1. The molecule has 1 aromatic heterocycles. The second kappa shape index (κ2) is 8.71. The number of nitrogens with one attached hydrogen (secondary N) is 2. The smallest absolute Gasteiger partial charge is 0.226 e. The number of methoxy groups -OCH3 is 2. The molecular formula is C20H22N4O3S. The Bertz CT molecular complexity index is 1020. The van der Waals surface area contributed by atoms with Crippen LogP contribution in [0.15, 0.2) is 42.5 Å². The fourth-order valence-electron chi connectivity index (χ4n) is 2.85. The van der Waals surface area contributed by atoms with Gasteiger partial charge < -0.3 is 14.8 Å². The van der Waals surface area contributed by atoms with Crippen molar-refractivity contribution in [3.8, 4) is 22.9 Å². The van der Waals surface area contributed by atoms with Gasteiger partial charge in [-0.1, -0.05) is 23.8 Å². The number of hydrogen-bond donors (Lipinski definition) is 2. The fraction of sp³-hybridized carbons (Fsp3) is 0.250. The molecule has 0 aliphatic rings. The van der Waals surface area contributed by atoms with Crippen molar-refractivity contribution in [2.45, 2.75) is 19.9 Å². The Hall–Kier alpha value is -3.13. The number of hydrogen-bond acceptors (Lipinski definition) is 5. The van der Waals surface area contributed by atoms with Crippen LogP contribution in [0.5, 0.6) is 11.5 Å². The van der Waals surface area contributed by atoms with Gasteiger partial charge in [0.2, 0.25) is 5.91 Å². The molecule has 3 rings (SSSR count). The quantitative estimate of drug-likeness (QED) is 0.589. The topological polar surface area (TPSA) is 81.2 Å². The first-order valence-electron chi connectivity index (χ1n) is 8.75. The third kappa shape index (κ3) is 4.58. The SMILES string of the molecule is COc1cc(NC(=O)CCn2c(-c3cccc(C)c3)n[nH]c2=S)cc(OC)c1. The van der Waals surface area contributed by atoms with Crippen molar-refractivity contribution in [2.75, 3.05) is 19.5 Å². The van der Waals surface area contributed by atoms with Crippen LogP contribution >= 0.6 is 12.2 Å². The van der Waals surface area contributed by atoms with E-state index in [2.05, 4.69) is 15.5 Å². The van der Waals surface area contributed by atoms with Gasteiger partial charge in [0, 0.05) is 42.4 Å². The molecular weight excluding hydrogens is 376 g/mol. The first-order valence-corrected chi connectivity index (χ1v) is 9.16. The summed E-state index contributed by atoms with van der Waals surface area (Å²) in [4.78, 5) is 12.4. The maximum absolute atomic E-state index is 12.4. The number of nitrogens with zero attached hydrogens (tertiary/aromatic N) is 2. The Kier molecular flexibility index (Phi) is 6.10. The fourth-order valence-corrected chi connectivity index (χ4v) is 3.07. The number of anilines is 1. The maximum Gasteiger partial charge on any atom is 0.226 e. The van der Waals surface area contributed by atoms with Gasteiger partial charge in [-0.2, -0.15) is 5.10 Å². The van der Waals surface area contributed by atoms with E-state index in [1.54, 1.807) is 32.4 Å². The molecule has 0 aliphatic heterocycles. The van der Waals surface area contributed by atoms with E-state index >= 15 is 0 Å². The van der Waals surface area contributed by atoms with Crippen molar-refractivity contribution in [1.82, 2.24) is 14.8 Å². The zero-order valence-corrected chi connectivity index (χ0v) is 16.8. The minimum atomic E-state index is -0.145. The number of aromatic amines is 1. The Balaban J connectivity index is 1.72. The summed E-state index contributed by atoms with van der Waals surface area (Å²) < 4.78 is 12.8. The summed E-state index contributed by atoms with van der Waals surface area (Å²) >= 11 is 5.33. The van der Waals surface area contributed by atoms with Crippen molar-refractivity contribution >= 4 is 23.8 Å². The Morgan fingerprint density at radius 1 is 1.18 bits per heavy atom. The van der Waals surface area contributed by atoms with Gasteiger partial charge in [0.25, 0.3) is 0 Å². The average molecular weight is 398 g/mol. The number of carbonyl (C=O) groups excluding carboxylic acids is 1. The predicted molar refractivity (Wildman–Crippen MR) is 110 cm³/mol. The van der Waals surface area contributed by atoms with Crippen LogP contribution in [0.3, 0.4) is 0 Å². The van der Waals surface area contributed by atoms with Gasteiger partial charge in [0.15, 0.2) is 10.6 Å². The highest BCUT2D eigenvalue weighted by molar-refractivity contribution is 7.71. The highest BCUT2D eigenvalue weighted by Crippen LogP contribution is 2.26. The molecule has 0 aliphatic carbocycles. The second-order valence-electron chi connectivity index (χ2n) is 6.27. The van der Waals surface area contributed by atoms with Gasteiger partial charge in [0.05, 0.1) is 14.2 Å². The molecule has 0 atom stereocenters. The van der Waals surface area contributed by atoms with Crippen molar-refractivity contribution in [3.05, 3.63) is 52.8 Å². The summed E-state index contributed by atoms with van der Waals surface area (Å²) in [6.07, 6.45) is 0.242. The Morgan fingerprint density at radius 3 is 2.54 bits per heavy atom. The first kappa shape index (κ1) is 19.6. The van der Waals surface area contributed by atoms with E-state index in [1.165, 1.54) is 0 Å². The normalized spacial score (nSPS) is 10.5. The molecule has 0 fully saturated rings. The number of H-pyrrole nitrogens is 1. The van der Waals surface area contributed by atoms with Gasteiger partial charge in [-0.25, -0.2) is 0 Å². The summed E-state index contributed by atoms with van der Waals surface area (Å²) in [6.45, 7) is 2.43.